The van der Waals surface area contributed by atoms with Crippen LogP contribution in [-0.4, -0.2) is 66.0 Å². The number of nitrogens with one attached hydrogen (secondary N) is 2. The fraction of sp³-hybridized carbons (Fsp3) is 0.567. The van der Waals surface area contributed by atoms with Crippen LogP contribution in [0.25, 0.3) is 0 Å². The maximum absolute atomic E-state index is 14.1. The third kappa shape index (κ3) is 12.8. The van der Waals surface area contributed by atoms with Gasteiger partial charge < -0.3 is 30.7 Å². The van der Waals surface area contributed by atoms with E-state index in [1.807, 2.05) is 6.92 Å². The Morgan fingerprint density at radius 1 is 1.07 bits per heavy atom. The number of alkyl carbamates (subject to hydrolysis) is 1. The highest BCUT2D eigenvalue weighted by molar-refractivity contribution is 5.93. The first-order chi connectivity index (χ1) is 19.3. The number of terminal acetylenes is 1. The Kier molecular flexibility index (Phi) is 15.0. The quantitative estimate of drug-likeness (QED) is 0.156. The van der Waals surface area contributed by atoms with Crippen LogP contribution in [-0.2, 0) is 28.7 Å². The molecule has 1 aromatic carbocycles. The van der Waals surface area contributed by atoms with Crippen molar-refractivity contribution in [2.75, 3.05) is 19.7 Å². The molecule has 1 rings (SSSR count). The number of hydrogen-bond donors (Lipinski definition) is 3. The van der Waals surface area contributed by atoms with E-state index in [1.54, 1.807) is 52.0 Å². The number of primary amides is 1. The highest BCUT2D eigenvalue weighted by Crippen LogP contribution is 2.27. The van der Waals surface area contributed by atoms with Crippen LogP contribution >= 0.6 is 0 Å². The first-order valence-corrected chi connectivity index (χ1v) is 13.9. The minimum Gasteiger partial charge on any atom is -0.466 e. The molecule has 226 valence electrons. The van der Waals surface area contributed by atoms with Gasteiger partial charge in [-0.05, 0) is 52.2 Å². The van der Waals surface area contributed by atoms with E-state index in [0.717, 1.165) is 12.8 Å². The Morgan fingerprint density at radius 3 is 2.34 bits per heavy atom. The Hall–Kier alpha value is -4.07. The predicted molar refractivity (Wildman–Crippen MR) is 154 cm³/mol. The van der Waals surface area contributed by atoms with Crippen molar-refractivity contribution in [3.8, 4) is 12.3 Å². The van der Waals surface area contributed by atoms with Crippen molar-refractivity contribution < 1.29 is 33.4 Å². The fourth-order valence-electron chi connectivity index (χ4n) is 4.03. The minimum atomic E-state index is -1.22. The van der Waals surface area contributed by atoms with Crippen molar-refractivity contribution in [2.45, 2.75) is 90.8 Å². The van der Waals surface area contributed by atoms with Gasteiger partial charge in [0.2, 0.25) is 17.7 Å². The van der Waals surface area contributed by atoms with Crippen LogP contribution in [0.3, 0.4) is 0 Å². The molecule has 0 fully saturated rings. The first kappa shape index (κ1) is 35.0. The summed E-state index contributed by atoms with van der Waals surface area (Å²) in [6.45, 7) is 9.06. The summed E-state index contributed by atoms with van der Waals surface area (Å²) in [6, 6.07) is 4.33. The smallest absolute Gasteiger partial charge is 0.408 e. The molecule has 1 aromatic rings. The van der Waals surface area contributed by atoms with Crippen molar-refractivity contribution in [1.29, 1.82) is 0 Å². The summed E-state index contributed by atoms with van der Waals surface area (Å²) < 4.78 is 10.3. The number of esters is 1. The van der Waals surface area contributed by atoms with Crippen LogP contribution in [0.5, 0.6) is 0 Å². The van der Waals surface area contributed by atoms with E-state index >= 15 is 0 Å². The van der Waals surface area contributed by atoms with Crippen LogP contribution in [0.4, 0.5) is 4.79 Å². The summed E-state index contributed by atoms with van der Waals surface area (Å²) in [5.74, 6) is 0.269. The summed E-state index contributed by atoms with van der Waals surface area (Å²) in [7, 11) is 0. The molecule has 0 aromatic heterocycles. The number of amides is 4. The van der Waals surface area contributed by atoms with Crippen molar-refractivity contribution in [2.24, 2.45) is 5.73 Å². The molecular formula is C30H44N4O7. The van der Waals surface area contributed by atoms with E-state index in [0.29, 0.717) is 17.5 Å². The molecule has 11 nitrogen and oxygen atoms in total. The van der Waals surface area contributed by atoms with Crippen molar-refractivity contribution >= 4 is 29.8 Å². The lowest BCUT2D eigenvalue weighted by atomic mass is 9.96. The van der Waals surface area contributed by atoms with E-state index < -0.39 is 47.5 Å². The van der Waals surface area contributed by atoms with E-state index in [9.17, 15) is 24.0 Å². The molecule has 0 bridgehead atoms. The van der Waals surface area contributed by atoms with Crippen LogP contribution in [0.2, 0.25) is 0 Å². The standard InChI is InChI=1S/C30H44N4O7/c1-7-10-13-20-34(28(38)23(16-17-24(31)35)33-29(39)41-30(4,5)6)26(22-15-12-11-14-21(22)8-2)27(37)32-19-18-25(36)40-9-3/h2,11-12,14-15,23,26H,7,9-10,13,16-20H2,1,3-6H3,(H2,31,35)(H,32,37)(H,33,39). The van der Waals surface area contributed by atoms with Crippen molar-refractivity contribution in [3.05, 3.63) is 35.4 Å². The zero-order chi connectivity index (χ0) is 31.0. The molecule has 0 heterocycles. The molecule has 0 radical (unpaired) electrons. The van der Waals surface area contributed by atoms with Crippen molar-refractivity contribution in [3.63, 3.8) is 0 Å². The molecule has 0 spiro atoms. The second kappa shape index (κ2) is 17.6. The average Bonchev–Trinajstić information content (AvgIpc) is 2.89. The lowest BCUT2D eigenvalue weighted by Crippen LogP contribution is -2.53. The fourth-order valence-corrected chi connectivity index (χ4v) is 4.03. The average molecular weight is 573 g/mol. The number of hydrogen-bond acceptors (Lipinski definition) is 7. The number of ether oxygens (including phenoxy) is 2. The van der Waals surface area contributed by atoms with Gasteiger partial charge in [-0.25, -0.2) is 4.79 Å². The van der Waals surface area contributed by atoms with Gasteiger partial charge in [0.25, 0.3) is 0 Å². The lowest BCUT2D eigenvalue weighted by Gasteiger charge is -2.35. The highest BCUT2D eigenvalue weighted by Gasteiger charge is 2.37. The molecule has 0 saturated carbocycles. The zero-order valence-corrected chi connectivity index (χ0v) is 24.8. The van der Waals surface area contributed by atoms with Gasteiger partial charge in [-0.1, -0.05) is 43.9 Å². The number of benzene rings is 1. The number of nitrogens with zero attached hydrogens (tertiary/aromatic N) is 1. The van der Waals surface area contributed by atoms with Crippen molar-refractivity contribution in [1.82, 2.24) is 15.5 Å². The predicted octanol–water partition coefficient (Wildman–Crippen LogP) is 2.96. The molecule has 2 atom stereocenters. The van der Waals surface area contributed by atoms with Crippen LogP contribution in [0, 0.1) is 12.3 Å². The number of carbonyl (C=O) groups excluding carboxylic acids is 5. The Labute approximate surface area is 242 Å². The molecule has 0 saturated heterocycles. The van der Waals surface area contributed by atoms with Gasteiger partial charge in [-0.3, -0.25) is 19.2 Å². The SMILES string of the molecule is C#Cc1ccccc1C(C(=O)NCCC(=O)OCC)N(CCCCC)C(=O)C(CCC(N)=O)NC(=O)OC(C)(C)C. The Bertz CT molecular complexity index is 1090. The molecule has 4 N–H and O–H groups in total. The van der Waals surface area contributed by atoms with Crippen LogP contribution in [0.1, 0.15) is 90.3 Å². The van der Waals surface area contributed by atoms with Gasteiger partial charge >= 0.3 is 12.1 Å². The maximum atomic E-state index is 14.1. The van der Waals surface area contributed by atoms with Gasteiger partial charge in [0, 0.05) is 25.1 Å². The summed E-state index contributed by atoms with van der Waals surface area (Å²) >= 11 is 0. The topological polar surface area (TPSA) is 157 Å². The number of carbonyl (C=O) groups is 5. The summed E-state index contributed by atoms with van der Waals surface area (Å²) in [5.41, 5.74) is 5.32. The number of rotatable bonds is 16. The van der Waals surface area contributed by atoms with Gasteiger partial charge in [-0.2, -0.15) is 0 Å². The van der Waals surface area contributed by atoms with Crippen LogP contribution < -0.4 is 16.4 Å². The molecule has 0 aliphatic heterocycles. The van der Waals surface area contributed by atoms with Gasteiger partial charge in [0.15, 0.2) is 0 Å². The van der Waals surface area contributed by atoms with E-state index in [2.05, 4.69) is 16.6 Å². The monoisotopic (exact) mass is 572 g/mol. The zero-order valence-electron chi connectivity index (χ0n) is 24.8. The second-order valence-electron chi connectivity index (χ2n) is 10.4. The van der Waals surface area contributed by atoms with Gasteiger partial charge in [-0.15, -0.1) is 6.42 Å². The number of nitrogens with two attached hydrogens (primary N) is 1. The summed E-state index contributed by atoms with van der Waals surface area (Å²) in [4.78, 5) is 65.3. The first-order valence-electron chi connectivity index (χ1n) is 13.9. The number of unbranched alkanes of at least 4 members (excludes halogenated alkanes) is 2. The largest absolute Gasteiger partial charge is 0.466 e. The minimum absolute atomic E-state index is 0.0232. The van der Waals surface area contributed by atoms with Crippen LogP contribution in [0.15, 0.2) is 24.3 Å². The maximum Gasteiger partial charge on any atom is 0.408 e. The van der Waals surface area contributed by atoms with E-state index in [-0.39, 0.29) is 39.0 Å². The second-order valence-corrected chi connectivity index (χ2v) is 10.4. The molecule has 0 aliphatic carbocycles. The summed E-state index contributed by atoms with van der Waals surface area (Å²) in [6.07, 6.45) is 6.72. The Balaban J connectivity index is 3.54. The third-order valence-electron chi connectivity index (χ3n) is 5.86. The Morgan fingerprint density at radius 2 is 1.76 bits per heavy atom. The molecule has 41 heavy (non-hydrogen) atoms. The van der Waals surface area contributed by atoms with Gasteiger partial charge in [0.05, 0.1) is 13.0 Å². The van der Waals surface area contributed by atoms with E-state index in [4.69, 9.17) is 21.6 Å². The third-order valence-corrected chi connectivity index (χ3v) is 5.86. The highest BCUT2D eigenvalue weighted by atomic mass is 16.6. The molecule has 0 aliphatic rings. The molecular weight excluding hydrogens is 528 g/mol. The lowest BCUT2D eigenvalue weighted by molar-refractivity contribution is -0.144. The normalized spacial score (nSPS) is 12.3. The van der Waals surface area contributed by atoms with Gasteiger partial charge in [0.1, 0.15) is 17.7 Å². The molecule has 11 heteroatoms. The van der Waals surface area contributed by atoms with E-state index in [1.165, 1.54) is 4.90 Å². The molecule has 2 unspecified atom stereocenters. The molecule has 4 amide bonds. The summed E-state index contributed by atoms with van der Waals surface area (Å²) in [5, 5.41) is 5.27.